The monoisotopic (exact) mass is 300 g/mol. The van der Waals surface area contributed by atoms with Gasteiger partial charge < -0.3 is 10.6 Å². The minimum Gasteiger partial charge on any atom is -0.351 e. The van der Waals surface area contributed by atoms with Crippen LogP contribution in [0, 0.1) is 0 Å². The van der Waals surface area contributed by atoms with Crippen LogP contribution in [0.15, 0.2) is 35.2 Å². The van der Waals surface area contributed by atoms with Gasteiger partial charge in [0.1, 0.15) is 0 Å². The first-order valence-electron chi connectivity index (χ1n) is 6.52. The lowest BCUT2D eigenvalue weighted by Crippen LogP contribution is -2.41. The largest absolute Gasteiger partial charge is 0.351 e. The molecule has 0 spiro atoms. The van der Waals surface area contributed by atoms with Gasteiger partial charge in [-0.3, -0.25) is 4.79 Å². The van der Waals surface area contributed by atoms with Gasteiger partial charge >= 0.3 is 0 Å². The fourth-order valence-corrected chi connectivity index (χ4v) is 3.04. The van der Waals surface area contributed by atoms with Gasteiger partial charge in [-0.2, -0.15) is 0 Å². The molecule has 5 heteroatoms. The van der Waals surface area contributed by atoms with E-state index in [4.69, 9.17) is 0 Å². The van der Waals surface area contributed by atoms with Gasteiger partial charge in [-0.1, -0.05) is 25.1 Å². The fourth-order valence-electron chi connectivity index (χ4n) is 2.06. The Morgan fingerprint density at radius 1 is 1.47 bits per heavy atom. The summed E-state index contributed by atoms with van der Waals surface area (Å²) in [6.45, 7) is 3.97. The molecule has 0 radical (unpaired) electrons. The molecule has 1 aromatic rings. The molecular weight excluding hydrogens is 280 g/mol. The number of halogens is 1. The van der Waals surface area contributed by atoms with Crippen LogP contribution in [0.25, 0.3) is 0 Å². The van der Waals surface area contributed by atoms with Crippen LogP contribution in [-0.4, -0.2) is 30.3 Å². The molecule has 2 unspecified atom stereocenters. The van der Waals surface area contributed by atoms with E-state index in [1.54, 1.807) is 11.8 Å². The molecule has 1 aliphatic heterocycles. The highest BCUT2D eigenvalue weighted by molar-refractivity contribution is 8.00. The van der Waals surface area contributed by atoms with E-state index in [0.29, 0.717) is 6.04 Å². The molecule has 3 nitrogen and oxygen atoms in total. The molecule has 0 saturated carbocycles. The summed E-state index contributed by atoms with van der Waals surface area (Å²) in [5.41, 5.74) is 0. The third-order valence-electron chi connectivity index (χ3n) is 3.09. The van der Waals surface area contributed by atoms with E-state index in [0.717, 1.165) is 30.8 Å². The molecule has 0 bridgehead atoms. The highest BCUT2D eigenvalue weighted by atomic mass is 35.5. The number of carbonyl (C=O) groups excluding carboxylic acids is 1. The van der Waals surface area contributed by atoms with Gasteiger partial charge in [-0.25, -0.2) is 0 Å². The molecule has 2 atom stereocenters. The average molecular weight is 301 g/mol. The average Bonchev–Trinajstić information content (AvgIpc) is 2.90. The predicted octanol–water partition coefficient (Wildman–Crippen LogP) is 2.46. The fraction of sp³-hybridized carbons (Fsp3) is 0.500. The van der Waals surface area contributed by atoms with Crippen molar-refractivity contribution in [3.05, 3.63) is 30.3 Å². The third-order valence-corrected chi connectivity index (χ3v) is 4.47. The van der Waals surface area contributed by atoms with Crippen LogP contribution < -0.4 is 10.6 Å². The van der Waals surface area contributed by atoms with E-state index in [-0.39, 0.29) is 23.6 Å². The van der Waals surface area contributed by atoms with Crippen LogP contribution in [0.2, 0.25) is 0 Å². The normalized spacial score (nSPS) is 19.5. The Balaban J connectivity index is 0.00000180. The van der Waals surface area contributed by atoms with Crippen LogP contribution in [0.3, 0.4) is 0 Å². The van der Waals surface area contributed by atoms with Crippen LogP contribution in [0.4, 0.5) is 0 Å². The Morgan fingerprint density at radius 3 is 2.79 bits per heavy atom. The quantitative estimate of drug-likeness (QED) is 0.821. The second kappa shape index (κ2) is 8.46. The maximum absolute atomic E-state index is 12.2. The van der Waals surface area contributed by atoms with E-state index < -0.39 is 0 Å². The van der Waals surface area contributed by atoms with Crippen LogP contribution in [0.1, 0.15) is 19.8 Å². The summed E-state index contributed by atoms with van der Waals surface area (Å²) in [4.78, 5) is 13.3. The number of benzene rings is 1. The second-order valence-corrected chi connectivity index (χ2v) is 5.80. The van der Waals surface area contributed by atoms with Crippen molar-refractivity contribution in [3.8, 4) is 0 Å². The molecule has 19 heavy (non-hydrogen) atoms. The number of thioether (sulfide) groups is 1. The minimum absolute atomic E-state index is 0. The third kappa shape index (κ3) is 5.05. The van der Waals surface area contributed by atoms with Crippen molar-refractivity contribution in [1.82, 2.24) is 10.6 Å². The van der Waals surface area contributed by atoms with Gasteiger partial charge in [0.2, 0.25) is 5.91 Å². The van der Waals surface area contributed by atoms with Gasteiger partial charge in [0.25, 0.3) is 0 Å². The lowest BCUT2D eigenvalue weighted by Gasteiger charge is -2.18. The molecule has 1 amide bonds. The first-order valence-corrected chi connectivity index (χ1v) is 7.40. The number of rotatable bonds is 5. The van der Waals surface area contributed by atoms with Crippen molar-refractivity contribution >= 4 is 30.1 Å². The molecule has 106 valence electrons. The Hall–Kier alpha value is -0.710. The molecule has 1 heterocycles. The number of hydrogen-bond donors (Lipinski definition) is 2. The van der Waals surface area contributed by atoms with E-state index >= 15 is 0 Å². The summed E-state index contributed by atoms with van der Waals surface area (Å²) in [5, 5.41) is 6.40. The van der Waals surface area contributed by atoms with Gasteiger partial charge in [0.15, 0.2) is 0 Å². The summed E-state index contributed by atoms with van der Waals surface area (Å²) < 4.78 is 0. The maximum atomic E-state index is 12.2. The molecule has 0 aliphatic carbocycles. The van der Waals surface area contributed by atoms with Crippen LogP contribution in [0.5, 0.6) is 0 Å². The number of nitrogens with one attached hydrogen (secondary N) is 2. The topological polar surface area (TPSA) is 41.1 Å². The SMILES string of the molecule is CCC(Sc1ccccc1)C(=O)NC1CCNC1.Cl. The van der Waals surface area contributed by atoms with Crippen molar-refractivity contribution in [3.63, 3.8) is 0 Å². The molecule has 1 aliphatic rings. The first-order chi connectivity index (χ1) is 8.79. The summed E-state index contributed by atoms with van der Waals surface area (Å²) in [5.74, 6) is 0.167. The molecule has 2 rings (SSSR count). The number of hydrogen-bond acceptors (Lipinski definition) is 3. The highest BCUT2D eigenvalue weighted by Crippen LogP contribution is 2.25. The lowest BCUT2D eigenvalue weighted by atomic mass is 10.2. The number of amides is 1. The van der Waals surface area contributed by atoms with Gasteiger partial charge in [-0.05, 0) is 31.5 Å². The summed E-state index contributed by atoms with van der Waals surface area (Å²) in [6, 6.07) is 10.4. The van der Waals surface area contributed by atoms with Crippen LogP contribution >= 0.6 is 24.2 Å². The van der Waals surface area contributed by atoms with Crippen molar-refractivity contribution in [2.75, 3.05) is 13.1 Å². The molecule has 1 aromatic carbocycles. The van der Waals surface area contributed by atoms with Crippen molar-refractivity contribution in [2.45, 2.75) is 36.0 Å². The Labute approximate surface area is 125 Å². The smallest absolute Gasteiger partial charge is 0.233 e. The lowest BCUT2D eigenvalue weighted by molar-refractivity contribution is -0.121. The maximum Gasteiger partial charge on any atom is 0.233 e. The first kappa shape index (κ1) is 16.3. The van der Waals surface area contributed by atoms with E-state index in [1.165, 1.54) is 0 Å². The minimum atomic E-state index is 0. The standard InChI is InChI=1S/C14H20N2OS.ClH/c1-2-13(18-12-6-4-3-5-7-12)14(17)16-11-8-9-15-10-11;/h3-7,11,13,15H,2,8-10H2,1H3,(H,16,17);1H. The summed E-state index contributed by atoms with van der Waals surface area (Å²) in [6.07, 6.45) is 1.89. The zero-order valence-corrected chi connectivity index (χ0v) is 12.7. The van der Waals surface area contributed by atoms with Crippen molar-refractivity contribution < 1.29 is 4.79 Å². The van der Waals surface area contributed by atoms with Gasteiger partial charge in [0, 0.05) is 17.5 Å². The molecule has 1 saturated heterocycles. The molecule has 2 N–H and O–H groups in total. The zero-order chi connectivity index (χ0) is 12.8. The molecular formula is C14H21ClN2OS. The van der Waals surface area contributed by atoms with Crippen LogP contribution in [-0.2, 0) is 4.79 Å². The van der Waals surface area contributed by atoms with E-state index in [9.17, 15) is 4.79 Å². The second-order valence-electron chi connectivity index (χ2n) is 4.53. The van der Waals surface area contributed by atoms with E-state index in [2.05, 4.69) is 29.7 Å². The van der Waals surface area contributed by atoms with Gasteiger partial charge in [-0.15, -0.1) is 24.2 Å². The number of carbonyl (C=O) groups is 1. The summed E-state index contributed by atoms with van der Waals surface area (Å²) in [7, 11) is 0. The van der Waals surface area contributed by atoms with E-state index in [1.807, 2.05) is 18.2 Å². The van der Waals surface area contributed by atoms with Gasteiger partial charge in [0.05, 0.1) is 5.25 Å². The Morgan fingerprint density at radius 2 is 2.21 bits per heavy atom. The summed E-state index contributed by atoms with van der Waals surface area (Å²) >= 11 is 1.65. The zero-order valence-electron chi connectivity index (χ0n) is 11.1. The predicted molar refractivity (Wildman–Crippen MR) is 83.0 cm³/mol. The highest BCUT2D eigenvalue weighted by Gasteiger charge is 2.22. The Kier molecular flexibility index (Phi) is 7.28. The van der Waals surface area contributed by atoms with Crippen molar-refractivity contribution in [2.24, 2.45) is 0 Å². The Bertz CT molecular complexity index is 382. The molecule has 1 fully saturated rings. The molecule has 0 aromatic heterocycles. The van der Waals surface area contributed by atoms with Crippen molar-refractivity contribution in [1.29, 1.82) is 0 Å².